The SMILES string of the molecule is Cc1ncsc1CN=C(N)NC1CCCCC1. The second-order valence-corrected chi connectivity index (χ2v) is 5.48. The first-order chi connectivity index (χ1) is 8.25. The maximum atomic E-state index is 5.89. The smallest absolute Gasteiger partial charge is 0.189 e. The number of rotatable bonds is 3. The molecular formula is C12H20N4S. The number of guanidine groups is 1. The monoisotopic (exact) mass is 252 g/mol. The lowest BCUT2D eigenvalue weighted by atomic mass is 9.96. The van der Waals surface area contributed by atoms with E-state index in [1.807, 2.05) is 12.4 Å². The maximum Gasteiger partial charge on any atom is 0.189 e. The highest BCUT2D eigenvalue weighted by Crippen LogP contribution is 2.17. The van der Waals surface area contributed by atoms with Gasteiger partial charge >= 0.3 is 0 Å². The van der Waals surface area contributed by atoms with Crippen molar-refractivity contribution in [2.24, 2.45) is 10.7 Å². The highest BCUT2D eigenvalue weighted by molar-refractivity contribution is 7.09. The van der Waals surface area contributed by atoms with E-state index in [0.29, 0.717) is 18.5 Å². The Kier molecular flexibility index (Phi) is 4.36. The Morgan fingerprint density at radius 2 is 2.29 bits per heavy atom. The molecule has 5 heteroatoms. The van der Waals surface area contributed by atoms with Crippen molar-refractivity contribution < 1.29 is 0 Å². The first kappa shape index (κ1) is 12.4. The second-order valence-electron chi connectivity index (χ2n) is 4.54. The molecule has 1 saturated carbocycles. The molecule has 2 rings (SSSR count). The summed E-state index contributed by atoms with van der Waals surface area (Å²) in [5.74, 6) is 0.574. The first-order valence-corrected chi connectivity index (χ1v) is 7.09. The van der Waals surface area contributed by atoms with Gasteiger partial charge in [0.25, 0.3) is 0 Å². The molecule has 0 bridgehead atoms. The molecule has 1 heterocycles. The van der Waals surface area contributed by atoms with E-state index in [0.717, 1.165) is 5.69 Å². The molecule has 3 N–H and O–H groups in total. The summed E-state index contributed by atoms with van der Waals surface area (Å²) in [7, 11) is 0. The summed E-state index contributed by atoms with van der Waals surface area (Å²) in [5, 5.41) is 3.31. The number of nitrogens with one attached hydrogen (secondary N) is 1. The Bertz CT molecular complexity index is 380. The molecule has 94 valence electrons. The van der Waals surface area contributed by atoms with Crippen LogP contribution in [0.4, 0.5) is 0 Å². The van der Waals surface area contributed by atoms with Gasteiger partial charge in [0.05, 0.1) is 17.7 Å². The quantitative estimate of drug-likeness (QED) is 0.640. The minimum Gasteiger partial charge on any atom is -0.370 e. The lowest BCUT2D eigenvalue weighted by Crippen LogP contribution is -2.41. The molecule has 0 aliphatic heterocycles. The third-order valence-corrected chi connectivity index (χ3v) is 4.11. The average molecular weight is 252 g/mol. The number of thiazole rings is 1. The van der Waals surface area contributed by atoms with Crippen LogP contribution in [0.3, 0.4) is 0 Å². The van der Waals surface area contributed by atoms with E-state index >= 15 is 0 Å². The molecule has 1 aliphatic carbocycles. The van der Waals surface area contributed by atoms with Gasteiger partial charge < -0.3 is 11.1 Å². The molecule has 0 unspecified atom stereocenters. The number of nitrogens with two attached hydrogens (primary N) is 1. The van der Waals surface area contributed by atoms with Gasteiger partial charge in [-0.15, -0.1) is 11.3 Å². The summed E-state index contributed by atoms with van der Waals surface area (Å²) in [6, 6.07) is 0.523. The summed E-state index contributed by atoms with van der Waals surface area (Å²) < 4.78 is 0. The molecule has 0 aromatic carbocycles. The maximum absolute atomic E-state index is 5.89. The van der Waals surface area contributed by atoms with Crippen molar-refractivity contribution >= 4 is 17.3 Å². The third kappa shape index (κ3) is 3.70. The van der Waals surface area contributed by atoms with Crippen LogP contribution in [0.25, 0.3) is 0 Å². The molecule has 4 nitrogen and oxygen atoms in total. The Balaban J connectivity index is 1.82. The van der Waals surface area contributed by atoms with Crippen LogP contribution in [-0.2, 0) is 6.54 Å². The van der Waals surface area contributed by atoms with E-state index in [4.69, 9.17) is 5.73 Å². The fraction of sp³-hybridized carbons (Fsp3) is 0.667. The average Bonchev–Trinajstić information content (AvgIpc) is 2.74. The fourth-order valence-corrected chi connectivity index (χ4v) is 2.84. The van der Waals surface area contributed by atoms with E-state index in [1.54, 1.807) is 11.3 Å². The third-order valence-electron chi connectivity index (χ3n) is 3.20. The van der Waals surface area contributed by atoms with E-state index in [9.17, 15) is 0 Å². The van der Waals surface area contributed by atoms with E-state index in [2.05, 4.69) is 15.3 Å². The minimum absolute atomic E-state index is 0.523. The van der Waals surface area contributed by atoms with Gasteiger partial charge in [0.15, 0.2) is 5.96 Å². The van der Waals surface area contributed by atoms with Crippen molar-refractivity contribution in [3.05, 3.63) is 16.1 Å². The summed E-state index contributed by atoms with van der Waals surface area (Å²) in [4.78, 5) is 9.77. The van der Waals surface area contributed by atoms with E-state index < -0.39 is 0 Å². The molecule has 1 aromatic rings. The van der Waals surface area contributed by atoms with Gasteiger partial charge in [-0.25, -0.2) is 9.98 Å². The predicted octanol–water partition coefficient (Wildman–Crippen LogP) is 2.19. The standard InChI is InChI=1S/C12H20N4S/c1-9-11(17-8-15-9)7-14-12(13)16-10-5-3-2-4-6-10/h8,10H,2-7H2,1H3,(H3,13,14,16). The number of aryl methyl sites for hydroxylation is 1. The number of hydrogen-bond acceptors (Lipinski definition) is 3. The number of hydrogen-bond donors (Lipinski definition) is 2. The number of aliphatic imine (C=N–C) groups is 1. The molecule has 0 saturated heterocycles. The van der Waals surface area contributed by atoms with Crippen molar-refractivity contribution in [2.75, 3.05) is 0 Å². The molecule has 1 fully saturated rings. The van der Waals surface area contributed by atoms with Gasteiger partial charge in [-0.1, -0.05) is 19.3 Å². The Morgan fingerprint density at radius 3 is 2.94 bits per heavy atom. The van der Waals surface area contributed by atoms with Crippen LogP contribution < -0.4 is 11.1 Å². The zero-order chi connectivity index (χ0) is 12.1. The van der Waals surface area contributed by atoms with Gasteiger partial charge in [0.1, 0.15) is 0 Å². The zero-order valence-electron chi connectivity index (χ0n) is 10.3. The highest BCUT2D eigenvalue weighted by Gasteiger charge is 2.13. The topological polar surface area (TPSA) is 63.3 Å². The Morgan fingerprint density at radius 1 is 1.53 bits per heavy atom. The summed E-state index contributed by atoms with van der Waals surface area (Å²) in [6.45, 7) is 2.65. The van der Waals surface area contributed by atoms with Gasteiger partial charge in [0, 0.05) is 10.9 Å². The van der Waals surface area contributed by atoms with Crippen molar-refractivity contribution in [1.82, 2.24) is 10.3 Å². The molecule has 1 aromatic heterocycles. The summed E-state index contributed by atoms with van der Waals surface area (Å²) >= 11 is 1.64. The van der Waals surface area contributed by atoms with Gasteiger partial charge in [0.2, 0.25) is 0 Å². The van der Waals surface area contributed by atoms with Crippen LogP contribution >= 0.6 is 11.3 Å². The van der Waals surface area contributed by atoms with Crippen molar-refractivity contribution in [3.63, 3.8) is 0 Å². The first-order valence-electron chi connectivity index (χ1n) is 6.21. The molecule has 1 aliphatic rings. The van der Waals surface area contributed by atoms with Crippen LogP contribution in [0.15, 0.2) is 10.5 Å². The number of aromatic nitrogens is 1. The van der Waals surface area contributed by atoms with E-state index in [-0.39, 0.29) is 0 Å². The minimum atomic E-state index is 0.523. The van der Waals surface area contributed by atoms with Crippen LogP contribution in [0.2, 0.25) is 0 Å². The van der Waals surface area contributed by atoms with Gasteiger partial charge in [-0.05, 0) is 19.8 Å². The van der Waals surface area contributed by atoms with Gasteiger partial charge in [-0.3, -0.25) is 0 Å². The molecule has 0 spiro atoms. The van der Waals surface area contributed by atoms with Crippen LogP contribution in [-0.4, -0.2) is 17.0 Å². The lowest BCUT2D eigenvalue weighted by Gasteiger charge is -2.23. The molecule has 0 atom stereocenters. The molecule has 0 radical (unpaired) electrons. The highest BCUT2D eigenvalue weighted by atomic mass is 32.1. The van der Waals surface area contributed by atoms with E-state index in [1.165, 1.54) is 37.0 Å². The van der Waals surface area contributed by atoms with Crippen molar-refractivity contribution in [1.29, 1.82) is 0 Å². The van der Waals surface area contributed by atoms with Gasteiger partial charge in [-0.2, -0.15) is 0 Å². The van der Waals surface area contributed by atoms with Crippen LogP contribution in [0.5, 0.6) is 0 Å². The molecular weight excluding hydrogens is 232 g/mol. The van der Waals surface area contributed by atoms with Crippen molar-refractivity contribution in [3.8, 4) is 0 Å². The zero-order valence-corrected chi connectivity index (χ0v) is 11.1. The normalized spacial score (nSPS) is 18.3. The summed E-state index contributed by atoms with van der Waals surface area (Å²) in [6.07, 6.45) is 6.40. The molecule has 0 amide bonds. The Hall–Kier alpha value is -1.10. The number of nitrogens with zero attached hydrogens (tertiary/aromatic N) is 2. The second kappa shape index (κ2) is 6.00. The van der Waals surface area contributed by atoms with Crippen molar-refractivity contribution in [2.45, 2.75) is 51.6 Å². The summed E-state index contributed by atoms with van der Waals surface area (Å²) in [5.41, 5.74) is 8.81. The lowest BCUT2D eigenvalue weighted by molar-refractivity contribution is 0.412. The molecule has 17 heavy (non-hydrogen) atoms. The largest absolute Gasteiger partial charge is 0.370 e. The van der Waals surface area contributed by atoms with Crippen LogP contribution in [0, 0.1) is 6.92 Å². The fourth-order valence-electron chi connectivity index (χ4n) is 2.14. The predicted molar refractivity (Wildman–Crippen MR) is 72.2 cm³/mol. The Labute approximate surface area is 106 Å². The van der Waals surface area contributed by atoms with Crippen LogP contribution in [0.1, 0.15) is 42.7 Å².